The molecule has 0 aliphatic heterocycles. The molecule has 0 aromatic carbocycles. The van der Waals surface area contributed by atoms with E-state index < -0.39 is 18.0 Å². The first-order valence-corrected chi connectivity index (χ1v) is 5.95. The fraction of sp³-hybridized carbons (Fsp3) is 0.833. The lowest BCUT2D eigenvalue weighted by molar-refractivity contribution is -0.166. The van der Waals surface area contributed by atoms with E-state index in [1.54, 1.807) is 6.92 Å². The minimum atomic E-state index is -0.747. The molecule has 0 aromatic rings. The molecule has 1 unspecified atom stereocenters. The lowest BCUT2D eigenvalue weighted by Crippen LogP contribution is -2.28. The summed E-state index contributed by atoms with van der Waals surface area (Å²) in [6, 6.07) is 0. The van der Waals surface area contributed by atoms with Crippen molar-refractivity contribution in [3.63, 3.8) is 0 Å². The number of esters is 2. The molecule has 0 N–H and O–H groups in total. The highest BCUT2D eigenvalue weighted by Crippen LogP contribution is 2.04. The molecule has 0 bridgehead atoms. The summed E-state index contributed by atoms with van der Waals surface area (Å²) in [6.45, 7) is 5.61. The van der Waals surface area contributed by atoms with Crippen molar-refractivity contribution in [1.29, 1.82) is 0 Å². The van der Waals surface area contributed by atoms with Crippen LogP contribution >= 0.6 is 0 Å². The van der Waals surface area contributed by atoms with Gasteiger partial charge in [0, 0.05) is 6.92 Å². The van der Waals surface area contributed by atoms with Gasteiger partial charge in [0.1, 0.15) is 0 Å². The van der Waals surface area contributed by atoms with Crippen LogP contribution in [0.3, 0.4) is 0 Å². The van der Waals surface area contributed by atoms with Gasteiger partial charge in [-0.1, -0.05) is 33.1 Å². The number of hydrogen-bond donors (Lipinski definition) is 0. The van der Waals surface area contributed by atoms with Crippen LogP contribution in [0.5, 0.6) is 0 Å². The zero-order valence-corrected chi connectivity index (χ0v) is 10.5. The van der Waals surface area contributed by atoms with E-state index >= 15 is 0 Å². The van der Waals surface area contributed by atoms with Crippen molar-refractivity contribution >= 4 is 11.9 Å². The molecule has 0 aromatic heterocycles. The largest absolute Gasteiger partial charge is 0.463 e. The summed E-state index contributed by atoms with van der Waals surface area (Å²) in [5.41, 5.74) is 0. The molecule has 0 radical (unpaired) electrons. The number of carbonyl (C=O) groups excluding carboxylic acids is 2. The average Bonchev–Trinajstić information content (AvgIpc) is 2.25. The maximum atomic E-state index is 11.4. The minimum absolute atomic E-state index is 0.413. The normalized spacial score (nSPS) is 11.9. The van der Waals surface area contributed by atoms with Crippen molar-refractivity contribution in [2.45, 2.75) is 59.0 Å². The Morgan fingerprint density at radius 1 is 1.12 bits per heavy atom. The molecule has 1 atom stereocenters. The molecule has 16 heavy (non-hydrogen) atoms. The molecule has 4 heteroatoms. The number of ether oxygens (including phenoxy) is 2. The number of rotatable bonds is 8. The quantitative estimate of drug-likeness (QED) is 0.475. The average molecular weight is 230 g/mol. The van der Waals surface area contributed by atoms with E-state index in [0.29, 0.717) is 13.0 Å². The van der Waals surface area contributed by atoms with Crippen LogP contribution in [0.1, 0.15) is 52.9 Å². The Balaban J connectivity index is 3.71. The standard InChI is InChI=1S/C12H22O4/c1-4-6-7-8-9-15-12(14)11(5-2)16-10(3)13/h11H,4-9H2,1-3H3. The predicted molar refractivity (Wildman–Crippen MR) is 60.9 cm³/mol. The fourth-order valence-electron chi connectivity index (χ4n) is 1.29. The Kier molecular flexibility index (Phi) is 8.58. The highest BCUT2D eigenvalue weighted by molar-refractivity contribution is 5.78. The molecule has 4 nitrogen and oxygen atoms in total. The summed E-state index contributed by atoms with van der Waals surface area (Å²) >= 11 is 0. The SMILES string of the molecule is CCCCCCOC(=O)C(CC)OC(C)=O. The molecule has 0 aliphatic rings. The van der Waals surface area contributed by atoms with Gasteiger partial charge >= 0.3 is 11.9 Å². The van der Waals surface area contributed by atoms with E-state index in [0.717, 1.165) is 25.7 Å². The van der Waals surface area contributed by atoms with Gasteiger partial charge in [-0.15, -0.1) is 0 Å². The Bertz CT molecular complexity index is 213. The second-order valence-electron chi connectivity index (χ2n) is 3.73. The Morgan fingerprint density at radius 3 is 2.31 bits per heavy atom. The maximum absolute atomic E-state index is 11.4. The molecule has 0 aliphatic carbocycles. The first kappa shape index (κ1) is 14.9. The highest BCUT2D eigenvalue weighted by Gasteiger charge is 2.20. The van der Waals surface area contributed by atoms with Crippen molar-refractivity contribution in [2.75, 3.05) is 6.61 Å². The third-order valence-electron chi connectivity index (χ3n) is 2.18. The number of hydrogen-bond acceptors (Lipinski definition) is 4. The summed E-state index contributed by atoms with van der Waals surface area (Å²) in [5, 5.41) is 0. The zero-order valence-electron chi connectivity index (χ0n) is 10.5. The summed E-state index contributed by atoms with van der Waals surface area (Å²) < 4.78 is 9.85. The van der Waals surface area contributed by atoms with E-state index in [1.165, 1.54) is 6.92 Å². The molecule has 0 fully saturated rings. The Hall–Kier alpha value is -1.06. The van der Waals surface area contributed by atoms with Gasteiger partial charge in [0.2, 0.25) is 0 Å². The van der Waals surface area contributed by atoms with E-state index in [9.17, 15) is 9.59 Å². The van der Waals surface area contributed by atoms with Gasteiger partial charge in [-0.3, -0.25) is 4.79 Å². The lowest BCUT2D eigenvalue weighted by atomic mass is 10.2. The summed E-state index contributed by atoms with van der Waals surface area (Å²) in [5.74, 6) is -0.885. The van der Waals surface area contributed by atoms with Crippen LogP contribution in [-0.4, -0.2) is 24.6 Å². The molecule has 0 saturated carbocycles. The molecule has 0 saturated heterocycles. The van der Waals surface area contributed by atoms with Gasteiger partial charge in [0.25, 0.3) is 0 Å². The molecule has 0 spiro atoms. The van der Waals surface area contributed by atoms with Crippen LogP contribution < -0.4 is 0 Å². The predicted octanol–water partition coefficient (Wildman–Crippen LogP) is 2.45. The van der Waals surface area contributed by atoms with Gasteiger partial charge in [-0.2, -0.15) is 0 Å². The van der Waals surface area contributed by atoms with Gasteiger partial charge < -0.3 is 9.47 Å². The lowest BCUT2D eigenvalue weighted by Gasteiger charge is -2.13. The van der Waals surface area contributed by atoms with E-state index in [4.69, 9.17) is 9.47 Å². The molecular formula is C12H22O4. The minimum Gasteiger partial charge on any atom is -0.463 e. The van der Waals surface area contributed by atoms with Gasteiger partial charge in [0.05, 0.1) is 6.61 Å². The number of unbranched alkanes of at least 4 members (excludes halogenated alkanes) is 3. The molecule has 0 amide bonds. The van der Waals surface area contributed by atoms with E-state index in [-0.39, 0.29) is 0 Å². The first-order valence-electron chi connectivity index (χ1n) is 5.95. The van der Waals surface area contributed by atoms with Crippen LogP contribution in [0.25, 0.3) is 0 Å². The number of carbonyl (C=O) groups is 2. The van der Waals surface area contributed by atoms with Gasteiger partial charge in [0.15, 0.2) is 6.10 Å². The smallest absolute Gasteiger partial charge is 0.347 e. The second-order valence-corrected chi connectivity index (χ2v) is 3.73. The first-order chi connectivity index (χ1) is 7.61. The van der Waals surface area contributed by atoms with E-state index in [2.05, 4.69) is 6.92 Å². The molecular weight excluding hydrogens is 208 g/mol. The molecule has 94 valence electrons. The maximum Gasteiger partial charge on any atom is 0.347 e. The van der Waals surface area contributed by atoms with Crippen molar-refractivity contribution in [3.05, 3.63) is 0 Å². The Morgan fingerprint density at radius 2 is 1.81 bits per heavy atom. The van der Waals surface area contributed by atoms with Crippen LogP contribution in [0.2, 0.25) is 0 Å². The molecule has 0 heterocycles. The summed E-state index contributed by atoms with van der Waals surface area (Å²) in [4.78, 5) is 22.1. The van der Waals surface area contributed by atoms with Crippen molar-refractivity contribution in [1.82, 2.24) is 0 Å². The van der Waals surface area contributed by atoms with Crippen LogP contribution in [0.15, 0.2) is 0 Å². The summed E-state index contributed by atoms with van der Waals surface area (Å²) in [7, 11) is 0. The van der Waals surface area contributed by atoms with Crippen molar-refractivity contribution < 1.29 is 19.1 Å². The van der Waals surface area contributed by atoms with Crippen LogP contribution in [0.4, 0.5) is 0 Å². The highest BCUT2D eigenvalue weighted by atomic mass is 16.6. The third-order valence-corrected chi connectivity index (χ3v) is 2.18. The van der Waals surface area contributed by atoms with Crippen molar-refractivity contribution in [2.24, 2.45) is 0 Å². The van der Waals surface area contributed by atoms with E-state index in [1.807, 2.05) is 0 Å². The Labute approximate surface area is 97.3 Å². The summed E-state index contributed by atoms with van der Waals surface area (Å²) in [6.07, 6.45) is 3.94. The van der Waals surface area contributed by atoms with Crippen LogP contribution in [0, 0.1) is 0 Å². The topological polar surface area (TPSA) is 52.6 Å². The third kappa shape index (κ3) is 7.26. The van der Waals surface area contributed by atoms with Crippen LogP contribution in [-0.2, 0) is 19.1 Å². The monoisotopic (exact) mass is 230 g/mol. The van der Waals surface area contributed by atoms with Gasteiger partial charge in [-0.05, 0) is 12.8 Å². The zero-order chi connectivity index (χ0) is 12.4. The molecule has 0 rings (SSSR count). The van der Waals surface area contributed by atoms with Crippen molar-refractivity contribution in [3.8, 4) is 0 Å². The van der Waals surface area contributed by atoms with Gasteiger partial charge in [-0.25, -0.2) is 4.79 Å². The fourth-order valence-corrected chi connectivity index (χ4v) is 1.29. The second kappa shape index (κ2) is 9.19.